The smallest absolute Gasteiger partial charge is 0.411 e. The number of benzene rings is 1. The molecule has 0 saturated heterocycles. The van der Waals surface area contributed by atoms with Crippen LogP contribution >= 0.6 is 35.3 Å². The van der Waals surface area contributed by atoms with Gasteiger partial charge in [0.1, 0.15) is 0 Å². The van der Waals surface area contributed by atoms with Crippen LogP contribution in [0.1, 0.15) is 17.4 Å². The zero-order valence-corrected chi connectivity index (χ0v) is 19.0. The Morgan fingerprint density at radius 2 is 2.00 bits per heavy atom. The van der Waals surface area contributed by atoms with E-state index in [1.54, 1.807) is 11.3 Å². The molecule has 27 heavy (non-hydrogen) atoms. The van der Waals surface area contributed by atoms with Gasteiger partial charge in [0, 0.05) is 30.7 Å². The van der Waals surface area contributed by atoms with E-state index in [0.717, 1.165) is 31.0 Å². The average molecular weight is 502 g/mol. The van der Waals surface area contributed by atoms with Crippen molar-refractivity contribution >= 4 is 53.1 Å². The van der Waals surface area contributed by atoms with Gasteiger partial charge in [-0.15, -0.1) is 35.3 Å². The summed E-state index contributed by atoms with van der Waals surface area (Å²) in [6.07, 6.45) is 0.532. The summed E-state index contributed by atoms with van der Waals surface area (Å²) in [6.45, 7) is 4.37. The predicted molar refractivity (Wildman–Crippen MR) is 123 cm³/mol. The van der Waals surface area contributed by atoms with Gasteiger partial charge in [-0.2, -0.15) is 0 Å². The van der Waals surface area contributed by atoms with Gasteiger partial charge in [0.15, 0.2) is 5.96 Å². The van der Waals surface area contributed by atoms with Gasteiger partial charge in [-0.25, -0.2) is 9.79 Å². The van der Waals surface area contributed by atoms with E-state index in [1.807, 2.05) is 24.3 Å². The van der Waals surface area contributed by atoms with Gasteiger partial charge in [0.05, 0.1) is 13.7 Å². The van der Waals surface area contributed by atoms with E-state index in [9.17, 15) is 4.79 Å². The van der Waals surface area contributed by atoms with Crippen LogP contribution in [0.15, 0.2) is 46.8 Å². The van der Waals surface area contributed by atoms with E-state index in [0.29, 0.717) is 12.2 Å². The van der Waals surface area contributed by atoms with Crippen LogP contribution in [0.3, 0.4) is 0 Å². The number of hydrogen-bond acceptors (Lipinski definition) is 4. The van der Waals surface area contributed by atoms with Crippen LogP contribution in [0.25, 0.3) is 0 Å². The number of hydrogen-bond donors (Lipinski definition) is 2. The van der Waals surface area contributed by atoms with Crippen LogP contribution in [-0.4, -0.2) is 44.2 Å². The van der Waals surface area contributed by atoms with Crippen molar-refractivity contribution in [2.45, 2.75) is 19.9 Å². The minimum absolute atomic E-state index is 0. The Morgan fingerprint density at radius 1 is 1.26 bits per heavy atom. The SMILES string of the molecule is CCNC(=NCc1ccc(NC(=O)OC)cc1)N(C)CCc1cccs1.I. The largest absolute Gasteiger partial charge is 0.453 e. The molecular formula is C19H27IN4O2S. The van der Waals surface area contributed by atoms with Gasteiger partial charge in [-0.05, 0) is 42.5 Å². The van der Waals surface area contributed by atoms with Crippen molar-refractivity contribution in [1.29, 1.82) is 0 Å². The van der Waals surface area contributed by atoms with E-state index in [-0.39, 0.29) is 24.0 Å². The van der Waals surface area contributed by atoms with Gasteiger partial charge in [-0.1, -0.05) is 18.2 Å². The third kappa shape index (κ3) is 8.17. The van der Waals surface area contributed by atoms with E-state index in [2.05, 4.69) is 51.8 Å². The number of rotatable bonds is 7. The fraction of sp³-hybridized carbons (Fsp3) is 0.368. The van der Waals surface area contributed by atoms with E-state index in [4.69, 9.17) is 4.99 Å². The number of anilines is 1. The molecule has 1 aromatic carbocycles. The molecule has 0 aliphatic rings. The topological polar surface area (TPSA) is 66.0 Å². The minimum atomic E-state index is -0.474. The summed E-state index contributed by atoms with van der Waals surface area (Å²) in [4.78, 5) is 19.4. The molecule has 0 aliphatic carbocycles. The molecule has 0 atom stereocenters. The highest BCUT2D eigenvalue weighted by Crippen LogP contribution is 2.12. The van der Waals surface area contributed by atoms with E-state index >= 15 is 0 Å². The molecule has 2 aromatic rings. The monoisotopic (exact) mass is 502 g/mol. The Balaban J connectivity index is 0.00000364. The molecule has 0 aliphatic heterocycles. The fourth-order valence-electron chi connectivity index (χ4n) is 2.34. The predicted octanol–water partition coefficient (Wildman–Crippen LogP) is 4.18. The first-order valence-corrected chi connectivity index (χ1v) is 9.46. The number of methoxy groups -OCH3 is 1. The van der Waals surface area contributed by atoms with Crippen LogP contribution in [0, 0.1) is 0 Å². The number of amides is 1. The molecule has 0 saturated carbocycles. The van der Waals surface area contributed by atoms with Crippen molar-refractivity contribution in [2.75, 3.05) is 32.6 Å². The maximum absolute atomic E-state index is 11.2. The van der Waals surface area contributed by atoms with Crippen LogP contribution < -0.4 is 10.6 Å². The summed E-state index contributed by atoms with van der Waals surface area (Å²) in [6, 6.07) is 11.8. The first-order chi connectivity index (χ1) is 12.6. The highest BCUT2D eigenvalue weighted by molar-refractivity contribution is 14.0. The van der Waals surface area contributed by atoms with Crippen LogP contribution in [0.5, 0.6) is 0 Å². The lowest BCUT2D eigenvalue weighted by molar-refractivity contribution is 0.187. The lowest BCUT2D eigenvalue weighted by atomic mass is 10.2. The molecule has 1 heterocycles. The third-order valence-corrected chi connectivity index (χ3v) is 4.70. The second-order valence-corrected chi connectivity index (χ2v) is 6.77. The molecular weight excluding hydrogens is 475 g/mol. The maximum Gasteiger partial charge on any atom is 0.411 e. The molecule has 2 rings (SSSR count). The van der Waals surface area contributed by atoms with Crippen molar-refractivity contribution in [2.24, 2.45) is 4.99 Å². The minimum Gasteiger partial charge on any atom is -0.453 e. The van der Waals surface area contributed by atoms with Crippen molar-refractivity contribution in [1.82, 2.24) is 10.2 Å². The zero-order valence-electron chi connectivity index (χ0n) is 15.9. The quantitative estimate of drug-likeness (QED) is 0.339. The van der Waals surface area contributed by atoms with Gasteiger partial charge in [-0.3, -0.25) is 5.32 Å². The lowest BCUT2D eigenvalue weighted by Gasteiger charge is -2.21. The summed E-state index contributed by atoms with van der Waals surface area (Å²) in [5.74, 6) is 0.890. The number of carbonyl (C=O) groups is 1. The highest BCUT2D eigenvalue weighted by Gasteiger charge is 2.06. The zero-order chi connectivity index (χ0) is 18.8. The number of thiophene rings is 1. The third-order valence-electron chi connectivity index (χ3n) is 3.77. The first kappa shape index (κ1) is 23.2. The van der Waals surface area contributed by atoms with Gasteiger partial charge in [0.25, 0.3) is 0 Å². The fourth-order valence-corrected chi connectivity index (χ4v) is 3.04. The summed E-state index contributed by atoms with van der Waals surface area (Å²) < 4.78 is 4.58. The number of likely N-dealkylation sites (N-methyl/N-ethyl adjacent to an activating group) is 1. The number of ether oxygens (including phenoxy) is 1. The van der Waals surface area contributed by atoms with Crippen molar-refractivity contribution in [3.8, 4) is 0 Å². The molecule has 0 unspecified atom stereocenters. The summed E-state index contributed by atoms with van der Waals surface area (Å²) >= 11 is 1.78. The highest BCUT2D eigenvalue weighted by atomic mass is 127. The molecule has 2 N–H and O–H groups in total. The number of guanidine groups is 1. The standard InChI is InChI=1S/C19H26N4O2S.HI/c1-4-20-18(23(2)12-11-17-6-5-13-26-17)21-14-15-7-9-16(10-8-15)22-19(24)25-3;/h5-10,13H,4,11-12,14H2,1-3H3,(H,20,21)(H,22,24);1H. The summed E-state index contributed by atoms with van der Waals surface area (Å²) in [5.41, 5.74) is 1.77. The lowest BCUT2D eigenvalue weighted by Crippen LogP contribution is -2.39. The summed E-state index contributed by atoms with van der Waals surface area (Å²) in [5, 5.41) is 8.07. The van der Waals surface area contributed by atoms with E-state index < -0.39 is 6.09 Å². The van der Waals surface area contributed by atoms with Gasteiger partial charge in [0.2, 0.25) is 0 Å². The Bertz CT molecular complexity index is 705. The number of nitrogens with zero attached hydrogens (tertiary/aromatic N) is 2. The van der Waals surface area contributed by atoms with Crippen LogP contribution in [0.4, 0.5) is 10.5 Å². The van der Waals surface area contributed by atoms with Crippen molar-refractivity contribution < 1.29 is 9.53 Å². The van der Waals surface area contributed by atoms with Crippen molar-refractivity contribution in [3.05, 3.63) is 52.2 Å². The van der Waals surface area contributed by atoms with Crippen LogP contribution in [0.2, 0.25) is 0 Å². The molecule has 1 amide bonds. The first-order valence-electron chi connectivity index (χ1n) is 8.58. The molecule has 8 heteroatoms. The van der Waals surface area contributed by atoms with Gasteiger partial charge < -0.3 is 15.0 Å². The number of nitrogens with one attached hydrogen (secondary N) is 2. The average Bonchev–Trinajstić information content (AvgIpc) is 3.18. The maximum atomic E-state index is 11.2. The van der Waals surface area contributed by atoms with Crippen molar-refractivity contribution in [3.63, 3.8) is 0 Å². The normalized spacial score (nSPS) is 10.7. The molecule has 148 valence electrons. The van der Waals surface area contributed by atoms with Gasteiger partial charge >= 0.3 is 6.09 Å². The molecule has 0 fully saturated rings. The number of halogens is 1. The van der Waals surface area contributed by atoms with E-state index in [1.165, 1.54) is 12.0 Å². The Labute approximate surface area is 182 Å². The molecule has 0 spiro atoms. The molecule has 6 nitrogen and oxygen atoms in total. The Morgan fingerprint density at radius 3 is 2.59 bits per heavy atom. The number of carbonyl (C=O) groups excluding carboxylic acids is 1. The van der Waals surface area contributed by atoms with Crippen LogP contribution in [-0.2, 0) is 17.7 Å². The second-order valence-electron chi connectivity index (χ2n) is 5.73. The molecule has 0 radical (unpaired) electrons. The summed E-state index contributed by atoms with van der Waals surface area (Å²) in [7, 11) is 3.40. The second kappa shape index (κ2) is 12.6. The number of aliphatic imine (C=N–C) groups is 1. The molecule has 1 aromatic heterocycles. The Kier molecular flexibility index (Phi) is 10.8. The Hall–Kier alpha value is -1.81. The molecule has 0 bridgehead atoms.